The van der Waals surface area contributed by atoms with Gasteiger partial charge in [-0.1, -0.05) is 18.1 Å². The van der Waals surface area contributed by atoms with Gasteiger partial charge in [0, 0.05) is 20.1 Å². The SMILES string of the molecule is CC#CCn1c(N2CCN(OC(=O)C(F)(F)F)CC2)nc2c1c(=O)n(C)c(=O)n2-c1cccc(C)c1C. The minimum absolute atomic E-state index is 0.0215. The van der Waals surface area contributed by atoms with E-state index in [4.69, 9.17) is 0 Å². The molecule has 0 aliphatic carbocycles. The predicted octanol–water partition coefficient (Wildman–Crippen LogP) is 1.67. The van der Waals surface area contributed by atoms with Crippen LogP contribution < -0.4 is 16.1 Å². The standard InChI is InChI=1S/C24H25F3N6O4/c1-5-6-10-32-18-19(28-22(32)30-11-13-31(14-12-30)37-21(35)24(25,26)27)33(23(36)29(4)20(18)34)17-9-7-8-15(2)16(17)3/h7-9H,10-14H2,1-4H3. The lowest BCUT2D eigenvalue weighted by Crippen LogP contribution is -2.49. The molecule has 1 aliphatic rings. The van der Waals surface area contributed by atoms with Gasteiger partial charge in [0.05, 0.1) is 25.3 Å². The van der Waals surface area contributed by atoms with E-state index in [-0.39, 0.29) is 43.9 Å². The molecule has 2 aromatic heterocycles. The van der Waals surface area contributed by atoms with Gasteiger partial charge in [-0.2, -0.15) is 18.2 Å². The second-order valence-corrected chi connectivity index (χ2v) is 8.59. The third-order valence-electron chi connectivity index (χ3n) is 6.32. The van der Waals surface area contributed by atoms with Gasteiger partial charge >= 0.3 is 17.8 Å². The number of anilines is 1. The van der Waals surface area contributed by atoms with Crippen LogP contribution in [0.5, 0.6) is 0 Å². The molecule has 37 heavy (non-hydrogen) atoms. The van der Waals surface area contributed by atoms with Crippen molar-refractivity contribution in [3.05, 3.63) is 50.2 Å². The van der Waals surface area contributed by atoms with E-state index in [2.05, 4.69) is 21.7 Å². The zero-order valence-corrected chi connectivity index (χ0v) is 20.7. The molecule has 13 heteroatoms. The number of benzene rings is 1. The number of fused-ring (bicyclic) bond motifs is 1. The summed E-state index contributed by atoms with van der Waals surface area (Å²) in [5.74, 6) is 3.76. The molecule has 1 fully saturated rings. The normalized spacial score (nSPS) is 14.5. The van der Waals surface area contributed by atoms with E-state index >= 15 is 0 Å². The summed E-state index contributed by atoms with van der Waals surface area (Å²) >= 11 is 0. The van der Waals surface area contributed by atoms with E-state index in [1.54, 1.807) is 22.5 Å². The van der Waals surface area contributed by atoms with Gasteiger partial charge < -0.3 is 9.74 Å². The molecular formula is C24H25F3N6O4. The van der Waals surface area contributed by atoms with E-state index in [1.165, 1.54) is 11.6 Å². The molecule has 0 saturated carbocycles. The molecule has 0 radical (unpaired) electrons. The molecule has 0 bridgehead atoms. The Bertz CT molecular complexity index is 1550. The first-order valence-corrected chi connectivity index (χ1v) is 11.4. The Balaban J connectivity index is 1.83. The van der Waals surface area contributed by atoms with Crippen molar-refractivity contribution in [1.29, 1.82) is 0 Å². The molecule has 0 amide bonds. The van der Waals surface area contributed by atoms with Crippen LogP contribution in [0.25, 0.3) is 16.9 Å². The lowest BCUT2D eigenvalue weighted by Gasteiger charge is -2.34. The molecule has 0 unspecified atom stereocenters. The Morgan fingerprint density at radius 1 is 1.14 bits per heavy atom. The van der Waals surface area contributed by atoms with Gasteiger partial charge in [0.15, 0.2) is 11.2 Å². The molecule has 3 heterocycles. The Kier molecular flexibility index (Phi) is 6.88. The average molecular weight is 518 g/mol. The number of carbonyl (C=O) groups excluding carboxylic acids is 1. The number of hydrogen-bond donors (Lipinski definition) is 0. The largest absolute Gasteiger partial charge is 0.492 e. The van der Waals surface area contributed by atoms with Gasteiger partial charge in [0.1, 0.15) is 0 Å². The number of halogens is 3. The van der Waals surface area contributed by atoms with E-state index in [0.29, 0.717) is 11.6 Å². The van der Waals surface area contributed by atoms with Crippen molar-refractivity contribution < 1.29 is 22.8 Å². The lowest BCUT2D eigenvalue weighted by atomic mass is 10.1. The maximum atomic E-state index is 13.3. The first-order valence-electron chi connectivity index (χ1n) is 11.4. The molecule has 1 saturated heterocycles. The quantitative estimate of drug-likeness (QED) is 0.485. The Morgan fingerprint density at radius 3 is 2.43 bits per heavy atom. The third kappa shape index (κ3) is 4.72. The highest BCUT2D eigenvalue weighted by Crippen LogP contribution is 2.25. The van der Waals surface area contributed by atoms with Crippen molar-refractivity contribution in [3.63, 3.8) is 0 Å². The van der Waals surface area contributed by atoms with Crippen molar-refractivity contribution in [2.45, 2.75) is 33.5 Å². The molecule has 10 nitrogen and oxygen atoms in total. The molecule has 1 aromatic carbocycles. The number of hydroxylamine groups is 2. The third-order valence-corrected chi connectivity index (χ3v) is 6.32. The number of alkyl halides is 3. The minimum atomic E-state index is -5.10. The number of hydrogen-bond acceptors (Lipinski definition) is 7. The smallest absolute Gasteiger partial charge is 0.361 e. The molecule has 0 atom stereocenters. The highest BCUT2D eigenvalue weighted by atomic mass is 19.4. The first-order chi connectivity index (χ1) is 17.5. The van der Waals surface area contributed by atoms with Crippen LogP contribution in [0, 0.1) is 25.7 Å². The fourth-order valence-electron chi connectivity index (χ4n) is 4.17. The number of carbonyl (C=O) groups is 1. The summed E-state index contributed by atoms with van der Waals surface area (Å²) in [6.07, 6.45) is -5.10. The van der Waals surface area contributed by atoms with Crippen LogP contribution in [0.2, 0.25) is 0 Å². The fraction of sp³-hybridized carbons (Fsp3) is 0.417. The minimum Gasteiger partial charge on any atom is -0.361 e. The van der Waals surface area contributed by atoms with Crippen LogP contribution in [0.15, 0.2) is 27.8 Å². The highest BCUT2D eigenvalue weighted by Gasteiger charge is 2.43. The predicted molar refractivity (Wildman–Crippen MR) is 129 cm³/mol. The van der Waals surface area contributed by atoms with Crippen molar-refractivity contribution in [3.8, 4) is 17.5 Å². The summed E-state index contributed by atoms with van der Waals surface area (Å²) in [6.45, 7) is 5.80. The fourth-order valence-corrected chi connectivity index (χ4v) is 4.17. The molecule has 1 aliphatic heterocycles. The van der Waals surface area contributed by atoms with E-state index in [9.17, 15) is 27.6 Å². The van der Waals surface area contributed by atoms with Crippen molar-refractivity contribution in [2.24, 2.45) is 7.05 Å². The van der Waals surface area contributed by atoms with Crippen LogP contribution in [-0.2, 0) is 23.2 Å². The monoisotopic (exact) mass is 518 g/mol. The number of piperazine rings is 1. The van der Waals surface area contributed by atoms with E-state index in [0.717, 1.165) is 20.8 Å². The summed E-state index contributed by atoms with van der Waals surface area (Å²) in [6, 6.07) is 5.49. The van der Waals surface area contributed by atoms with E-state index < -0.39 is 23.4 Å². The summed E-state index contributed by atoms with van der Waals surface area (Å²) < 4.78 is 41.7. The number of nitrogens with zero attached hydrogens (tertiary/aromatic N) is 6. The van der Waals surface area contributed by atoms with Gasteiger partial charge in [0.2, 0.25) is 5.95 Å². The van der Waals surface area contributed by atoms with Crippen LogP contribution in [0.3, 0.4) is 0 Å². The summed E-state index contributed by atoms with van der Waals surface area (Å²) in [5.41, 5.74) is 1.59. The average Bonchev–Trinajstić information content (AvgIpc) is 3.22. The molecular weight excluding hydrogens is 493 g/mol. The Hall–Kier alpha value is -4.05. The molecule has 0 spiro atoms. The lowest BCUT2D eigenvalue weighted by molar-refractivity contribution is -0.239. The van der Waals surface area contributed by atoms with Gasteiger partial charge in [0.25, 0.3) is 5.56 Å². The number of imidazole rings is 1. The second kappa shape index (κ2) is 9.78. The Morgan fingerprint density at radius 2 is 1.81 bits per heavy atom. The van der Waals surface area contributed by atoms with Crippen LogP contribution in [0.4, 0.5) is 19.1 Å². The topological polar surface area (TPSA) is 94.6 Å². The highest BCUT2D eigenvalue weighted by molar-refractivity contribution is 5.77. The maximum Gasteiger partial charge on any atom is 0.492 e. The van der Waals surface area contributed by atoms with Crippen molar-refractivity contribution in [2.75, 3.05) is 31.1 Å². The van der Waals surface area contributed by atoms with Crippen LogP contribution in [0.1, 0.15) is 18.1 Å². The second-order valence-electron chi connectivity index (χ2n) is 8.59. The zero-order chi connectivity index (χ0) is 27.1. The zero-order valence-electron chi connectivity index (χ0n) is 20.7. The van der Waals surface area contributed by atoms with Gasteiger partial charge in [-0.15, -0.1) is 11.0 Å². The van der Waals surface area contributed by atoms with Crippen molar-refractivity contribution >= 4 is 23.1 Å². The number of rotatable bonds is 4. The van der Waals surface area contributed by atoms with E-state index in [1.807, 2.05) is 26.0 Å². The summed E-state index contributed by atoms with van der Waals surface area (Å²) in [4.78, 5) is 48.7. The number of aromatic nitrogens is 4. The molecule has 0 N–H and O–H groups in total. The molecule has 4 rings (SSSR count). The molecule has 196 valence electrons. The number of aryl methyl sites for hydroxylation is 1. The van der Waals surface area contributed by atoms with Crippen molar-refractivity contribution in [1.82, 2.24) is 23.7 Å². The van der Waals surface area contributed by atoms with Gasteiger partial charge in [-0.25, -0.2) is 14.2 Å². The molecule has 3 aromatic rings. The maximum absolute atomic E-state index is 13.3. The van der Waals surface area contributed by atoms with Gasteiger partial charge in [-0.05, 0) is 38.0 Å². The van der Waals surface area contributed by atoms with Crippen LogP contribution in [-0.4, -0.2) is 62.1 Å². The summed E-state index contributed by atoms with van der Waals surface area (Å²) in [5, 5.41) is 0.941. The van der Waals surface area contributed by atoms with Crippen LogP contribution >= 0.6 is 0 Å². The summed E-state index contributed by atoms with van der Waals surface area (Å²) in [7, 11) is 1.39. The Labute approximate surface area is 209 Å². The van der Waals surface area contributed by atoms with Gasteiger partial charge in [-0.3, -0.25) is 13.9 Å². The first kappa shape index (κ1) is 26.0.